The first-order valence-corrected chi connectivity index (χ1v) is 9.07. The molecule has 0 unspecified atom stereocenters. The van der Waals surface area contributed by atoms with Crippen molar-refractivity contribution in [3.63, 3.8) is 0 Å². The average Bonchev–Trinajstić information content (AvgIpc) is 3.21. The Morgan fingerprint density at radius 1 is 1.00 bits per heavy atom. The minimum absolute atomic E-state index is 0.533. The van der Waals surface area contributed by atoms with Crippen LogP contribution in [0, 0.1) is 11.3 Å². The van der Waals surface area contributed by atoms with Crippen molar-refractivity contribution in [3.05, 3.63) is 18.5 Å². The van der Waals surface area contributed by atoms with Gasteiger partial charge in [-0.15, -0.1) is 0 Å². The standard InChI is InChI=1S/C18H28N4/c1-2-5-16(4-1)14-21-11-6-18(7-12-21)8-13-22(15-18)17-19-9-3-10-20-17/h3,9-10,16H,1-2,4-8,11-15H2. The molecule has 1 spiro atoms. The van der Waals surface area contributed by atoms with Crippen molar-refractivity contribution in [2.75, 3.05) is 37.6 Å². The normalized spacial score (nSPS) is 26.1. The molecule has 4 nitrogen and oxygen atoms in total. The summed E-state index contributed by atoms with van der Waals surface area (Å²) in [6.07, 6.45) is 13.6. The first-order chi connectivity index (χ1) is 10.8. The van der Waals surface area contributed by atoms with Gasteiger partial charge in [0, 0.05) is 32.0 Å². The Morgan fingerprint density at radius 2 is 1.68 bits per heavy atom. The van der Waals surface area contributed by atoms with E-state index in [0.717, 1.165) is 25.0 Å². The molecular weight excluding hydrogens is 272 g/mol. The topological polar surface area (TPSA) is 32.3 Å². The maximum Gasteiger partial charge on any atom is 0.225 e. The third kappa shape index (κ3) is 2.98. The van der Waals surface area contributed by atoms with Gasteiger partial charge in [-0.1, -0.05) is 12.8 Å². The van der Waals surface area contributed by atoms with Crippen LogP contribution in [0.25, 0.3) is 0 Å². The number of aromatic nitrogens is 2. The van der Waals surface area contributed by atoms with Gasteiger partial charge in [0.25, 0.3) is 0 Å². The average molecular weight is 300 g/mol. The number of hydrogen-bond acceptors (Lipinski definition) is 4. The maximum absolute atomic E-state index is 4.43. The summed E-state index contributed by atoms with van der Waals surface area (Å²) < 4.78 is 0. The Morgan fingerprint density at radius 3 is 2.41 bits per heavy atom. The van der Waals surface area contributed by atoms with Gasteiger partial charge < -0.3 is 9.80 Å². The summed E-state index contributed by atoms with van der Waals surface area (Å²) in [7, 11) is 0. The molecule has 4 heteroatoms. The van der Waals surface area contributed by atoms with Crippen molar-refractivity contribution in [1.29, 1.82) is 0 Å². The van der Waals surface area contributed by atoms with Crippen LogP contribution in [0.4, 0.5) is 5.95 Å². The van der Waals surface area contributed by atoms with Crippen LogP contribution in [0.3, 0.4) is 0 Å². The van der Waals surface area contributed by atoms with Crippen LogP contribution in [-0.2, 0) is 0 Å². The van der Waals surface area contributed by atoms with E-state index in [1.54, 1.807) is 0 Å². The van der Waals surface area contributed by atoms with Crippen LogP contribution in [-0.4, -0.2) is 47.6 Å². The lowest BCUT2D eigenvalue weighted by Crippen LogP contribution is -2.43. The summed E-state index contributed by atoms with van der Waals surface area (Å²) in [6, 6.07) is 1.90. The molecule has 1 saturated carbocycles. The van der Waals surface area contributed by atoms with E-state index in [9.17, 15) is 0 Å². The second-order valence-corrected chi connectivity index (χ2v) is 7.67. The summed E-state index contributed by atoms with van der Waals surface area (Å²) >= 11 is 0. The highest BCUT2D eigenvalue weighted by Crippen LogP contribution is 2.41. The van der Waals surface area contributed by atoms with Crippen LogP contribution < -0.4 is 4.90 Å². The van der Waals surface area contributed by atoms with Crippen LogP contribution in [0.2, 0.25) is 0 Å². The van der Waals surface area contributed by atoms with Crippen LogP contribution >= 0.6 is 0 Å². The SMILES string of the molecule is c1cnc(N2CCC3(CCN(CC4CCCC4)CC3)C2)nc1. The van der Waals surface area contributed by atoms with E-state index in [1.807, 2.05) is 18.5 Å². The van der Waals surface area contributed by atoms with Gasteiger partial charge in [0.05, 0.1) is 0 Å². The van der Waals surface area contributed by atoms with E-state index in [-0.39, 0.29) is 0 Å². The van der Waals surface area contributed by atoms with Crippen LogP contribution in [0.1, 0.15) is 44.9 Å². The molecule has 0 atom stereocenters. The van der Waals surface area contributed by atoms with Gasteiger partial charge in [0.1, 0.15) is 0 Å². The van der Waals surface area contributed by atoms with E-state index in [0.29, 0.717) is 5.41 Å². The maximum atomic E-state index is 4.43. The summed E-state index contributed by atoms with van der Waals surface area (Å²) in [5.41, 5.74) is 0.533. The second kappa shape index (κ2) is 6.15. The number of piperidine rings is 1. The molecule has 22 heavy (non-hydrogen) atoms. The van der Waals surface area contributed by atoms with Crippen molar-refractivity contribution in [3.8, 4) is 0 Å². The van der Waals surface area contributed by atoms with Gasteiger partial charge in [-0.2, -0.15) is 0 Å². The molecule has 2 aliphatic heterocycles. The minimum atomic E-state index is 0.533. The van der Waals surface area contributed by atoms with Crippen LogP contribution in [0.15, 0.2) is 18.5 Å². The lowest BCUT2D eigenvalue weighted by Gasteiger charge is -2.40. The molecule has 120 valence electrons. The fourth-order valence-corrected chi connectivity index (χ4v) is 4.74. The van der Waals surface area contributed by atoms with Crippen LogP contribution in [0.5, 0.6) is 0 Å². The van der Waals surface area contributed by atoms with Gasteiger partial charge in [-0.05, 0) is 62.6 Å². The molecule has 1 aromatic heterocycles. The van der Waals surface area contributed by atoms with E-state index < -0.39 is 0 Å². The smallest absolute Gasteiger partial charge is 0.225 e. The third-order valence-corrected chi connectivity index (χ3v) is 6.18. The van der Waals surface area contributed by atoms with Gasteiger partial charge >= 0.3 is 0 Å². The Kier molecular flexibility index (Phi) is 4.03. The monoisotopic (exact) mass is 300 g/mol. The van der Waals surface area contributed by atoms with Crippen molar-refractivity contribution in [2.45, 2.75) is 44.9 Å². The Labute approximate surface area is 133 Å². The van der Waals surface area contributed by atoms with Gasteiger partial charge in [0.2, 0.25) is 5.95 Å². The molecule has 1 aliphatic carbocycles. The fourth-order valence-electron chi connectivity index (χ4n) is 4.74. The fraction of sp³-hybridized carbons (Fsp3) is 0.778. The number of nitrogens with zero attached hydrogens (tertiary/aromatic N) is 4. The first-order valence-electron chi connectivity index (χ1n) is 9.07. The minimum Gasteiger partial charge on any atom is -0.340 e. The molecule has 3 fully saturated rings. The summed E-state index contributed by atoms with van der Waals surface area (Å²) in [6.45, 7) is 6.27. The number of anilines is 1. The summed E-state index contributed by atoms with van der Waals surface area (Å²) in [5, 5.41) is 0. The predicted octanol–water partition coefficient (Wildman–Crippen LogP) is 2.96. The molecule has 3 heterocycles. The highest BCUT2D eigenvalue weighted by molar-refractivity contribution is 5.31. The molecule has 0 aromatic carbocycles. The predicted molar refractivity (Wildman–Crippen MR) is 88.9 cm³/mol. The number of rotatable bonds is 3. The van der Waals surface area contributed by atoms with Gasteiger partial charge in [-0.3, -0.25) is 0 Å². The largest absolute Gasteiger partial charge is 0.340 e. The Hall–Kier alpha value is -1.16. The van der Waals surface area contributed by atoms with E-state index in [4.69, 9.17) is 0 Å². The molecule has 3 aliphatic rings. The zero-order chi connectivity index (χ0) is 14.8. The molecule has 0 radical (unpaired) electrons. The lowest BCUT2D eigenvalue weighted by molar-refractivity contribution is 0.107. The summed E-state index contributed by atoms with van der Waals surface area (Å²) in [4.78, 5) is 14.0. The highest BCUT2D eigenvalue weighted by Gasteiger charge is 2.41. The van der Waals surface area contributed by atoms with E-state index in [1.165, 1.54) is 64.6 Å². The first kappa shape index (κ1) is 14.4. The van der Waals surface area contributed by atoms with Crippen molar-refractivity contribution in [2.24, 2.45) is 11.3 Å². The third-order valence-electron chi connectivity index (χ3n) is 6.18. The highest BCUT2D eigenvalue weighted by atomic mass is 15.3. The van der Waals surface area contributed by atoms with E-state index in [2.05, 4.69) is 19.8 Å². The molecule has 0 bridgehead atoms. The number of hydrogen-bond donors (Lipinski definition) is 0. The second-order valence-electron chi connectivity index (χ2n) is 7.67. The molecule has 4 rings (SSSR count). The lowest BCUT2D eigenvalue weighted by atomic mass is 9.77. The molecule has 0 amide bonds. The molecule has 1 aromatic rings. The Balaban J connectivity index is 1.31. The van der Waals surface area contributed by atoms with Crippen molar-refractivity contribution in [1.82, 2.24) is 14.9 Å². The summed E-state index contributed by atoms with van der Waals surface area (Å²) in [5.74, 6) is 1.92. The van der Waals surface area contributed by atoms with Gasteiger partial charge in [-0.25, -0.2) is 9.97 Å². The zero-order valence-corrected chi connectivity index (χ0v) is 13.6. The quantitative estimate of drug-likeness (QED) is 0.859. The van der Waals surface area contributed by atoms with Gasteiger partial charge in [0.15, 0.2) is 0 Å². The Bertz CT molecular complexity index is 475. The molecule has 0 N–H and O–H groups in total. The molecule has 2 saturated heterocycles. The number of likely N-dealkylation sites (tertiary alicyclic amines) is 1. The van der Waals surface area contributed by atoms with Crippen molar-refractivity contribution < 1.29 is 0 Å². The zero-order valence-electron chi connectivity index (χ0n) is 13.6. The molecular formula is C18H28N4. The van der Waals surface area contributed by atoms with E-state index >= 15 is 0 Å². The van der Waals surface area contributed by atoms with Crippen molar-refractivity contribution >= 4 is 5.95 Å².